The van der Waals surface area contributed by atoms with Crippen molar-refractivity contribution in [3.63, 3.8) is 0 Å². The zero-order valence-electron chi connectivity index (χ0n) is 10.6. The molecule has 0 aliphatic rings. The van der Waals surface area contributed by atoms with Crippen LogP contribution in [0.3, 0.4) is 0 Å². The van der Waals surface area contributed by atoms with Crippen LogP contribution < -0.4 is 5.73 Å². The van der Waals surface area contributed by atoms with Crippen LogP contribution in [-0.4, -0.2) is 11.0 Å². The Morgan fingerprint density at radius 2 is 2.21 bits per heavy atom. The molecule has 0 aliphatic carbocycles. The van der Waals surface area contributed by atoms with Gasteiger partial charge in [-0.05, 0) is 32.0 Å². The van der Waals surface area contributed by atoms with Crippen molar-refractivity contribution >= 4 is 23.0 Å². The van der Waals surface area contributed by atoms with Gasteiger partial charge in [0, 0.05) is 10.6 Å². The first-order valence-corrected chi connectivity index (χ1v) is 6.44. The van der Waals surface area contributed by atoms with Gasteiger partial charge in [-0.3, -0.25) is 0 Å². The maximum Gasteiger partial charge on any atom is 0.340 e. The lowest BCUT2D eigenvalue weighted by Gasteiger charge is -2.05. The number of nitrogens with zero attached hydrogens (tertiary/aromatic N) is 1. The molecule has 19 heavy (non-hydrogen) atoms. The Balaban J connectivity index is 2.05. The van der Waals surface area contributed by atoms with E-state index < -0.39 is 11.8 Å². The van der Waals surface area contributed by atoms with E-state index >= 15 is 0 Å². The van der Waals surface area contributed by atoms with Gasteiger partial charge < -0.3 is 10.5 Å². The maximum atomic E-state index is 12.9. The normalized spacial score (nSPS) is 10.5. The number of nitrogens with two attached hydrogens (primary N) is 1. The number of hydrogen-bond donors (Lipinski definition) is 1. The number of aryl methyl sites for hydroxylation is 2. The van der Waals surface area contributed by atoms with Crippen molar-refractivity contribution in [3.05, 3.63) is 45.2 Å². The van der Waals surface area contributed by atoms with Gasteiger partial charge in [0.2, 0.25) is 0 Å². The van der Waals surface area contributed by atoms with Crippen molar-refractivity contribution in [3.8, 4) is 0 Å². The van der Waals surface area contributed by atoms with Crippen LogP contribution in [-0.2, 0) is 11.3 Å². The summed E-state index contributed by atoms with van der Waals surface area (Å²) in [7, 11) is 0. The van der Waals surface area contributed by atoms with E-state index in [-0.39, 0.29) is 17.9 Å². The molecule has 1 heterocycles. The zero-order valence-corrected chi connectivity index (χ0v) is 11.4. The smallest absolute Gasteiger partial charge is 0.340 e. The molecule has 2 aromatic rings. The predicted molar refractivity (Wildman–Crippen MR) is 71.5 cm³/mol. The minimum atomic E-state index is -0.581. The van der Waals surface area contributed by atoms with Crippen LogP contribution in [0.1, 0.15) is 25.9 Å². The molecule has 0 unspecified atom stereocenters. The molecule has 0 radical (unpaired) electrons. The van der Waals surface area contributed by atoms with E-state index in [9.17, 15) is 9.18 Å². The Bertz CT molecular complexity index is 606. The molecule has 0 fully saturated rings. The Morgan fingerprint density at radius 1 is 1.47 bits per heavy atom. The number of aromatic nitrogens is 1. The Hall–Kier alpha value is -1.95. The largest absolute Gasteiger partial charge is 0.455 e. The highest BCUT2D eigenvalue weighted by molar-refractivity contribution is 7.11. The Labute approximate surface area is 114 Å². The van der Waals surface area contributed by atoms with Crippen molar-refractivity contribution in [1.29, 1.82) is 0 Å². The van der Waals surface area contributed by atoms with Gasteiger partial charge in [0.15, 0.2) is 0 Å². The Kier molecular flexibility index (Phi) is 3.80. The summed E-state index contributed by atoms with van der Waals surface area (Å²) in [4.78, 5) is 17.1. The van der Waals surface area contributed by atoms with Crippen molar-refractivity contribution in [1.82, 2.24) is 4.98 Å². The summed E-state index contributed by atoms with van der Waals surface area (Å²) < 4.78 is 18.0. The molecular formula is C13H13FN2O2S. The average Bonchev–Trinajstić information content (AvgIpc) is 2.66. The van der Waals surface area contributed by atoms with Crippen LogP contribution in [0.5, 0.6) is 0 Å². The second kappa shape index (κ2) is 5.36. The molecule has 4 nitrogen and oxygen atoms in total. The second-order valence-corrected chi connectivity index (χ2v) is 5.34. The number of anilines is 1. The van der Waals surface area contributed by atoms with Gasteiger partial charge in [-0.2, -0.15) is 0 Å². The molecule has 2 N–H and O–H groups in total. The first-order valence-electron chi connectivity index (χ1n) is 5.62. The van der Waals surface area contributed by atoms with E-state index in [0.29, 0.717) is 0 Å². The van der Waals surface area contributed by atoms with Gasteiger partial charge in [-0.25, -0.2) is 14.2 Å². The third-order valence-electron chi connectivity index (χ3n) is 2.63. The van der Waals surface area contributed by atoms with E-state index in [1.54, 1.807) is 0 Å². The van der Waals surface area contributed by atoms with Crippen LogP contribution in [0.4, 0.5) is 10.1 Å². The summed E-state index contributed by atoms with van der Waals surface area (Å²) in [6.07, 6.45) is 0. The number of esters is 1. The Morgan fingerprint density at radius 3 is 2.79 bits per heavy atom. The number of carbonyl (C=O) groups is 1. The molecule has 0 saturated heterocycles. The minimum Gasteiger partial charge on any atom is -0.455 e. The van der Waals surface area contributed by atoms with Crippen LogP contribution in [0, 0.1) is 19.7 Å². The monoisotopic (exact) mass is 280 g/mol. The van der Waals surface area contributed by atoms with Crippen molar-refractivity contribution in [2.45, 2.75) is 20.5 Å². The molecule has 0 bridgehead atoms. The van der Waals surface area contributed by atoms with E-state index in [1.807, 2.05) is 13.8 Å². The summed E-state index contributed by atoms with van der Waals surface area (Å²) in [5, 5.41) is 0.726. The third-order valence-corrected chi connectivity index (χ3v) is 3.68. The van der Waals surface area contributed by atoms with Crippen LogP contribution >= 0.6 is 11.3 Å². The third kappa shape index (κ3) is 3.08. The highest BCUT2D eigenvalue weighted by Crippen LogP contribution is 2.19. The fourth-order valence-corrected chi connectivity index (χ4v) is 2.37. The van der Waals surface area contributed by atoms with Crippen LogP contribution in [0.2, 0.25) is 0 Å². The van der Waals surface area contributed by atoms with E-state index in [2.05, 4.69) is 4.98 Å². The van der Waals surface area contributed by atoms with Gasteiger partial charge in [-0.15, -0.1) is 11.3 Å². The number of rotatable bonds is 3. The second-order valence-electron chi connectivity index (χ2n) is 4.06. The molecule has 100 valence electrons. The fourth-order valence-electron chi connectivity index (χ4n) is 1.53. The predicted octanol–water partition coefficient (Wildman–Crippen LogP) is 2.84. The minimum absolute atomic E-state index is 0.0662. The lowest BCUT2D eigenvalue weighted by molar-refractivity contribution is 0.0473. The molecule has 2 rings (SSSR count). The molecular weight excluding hydrogens is 267 g/mol. The molecule has 0 saturated carbocycles. The standard InChI is InChI=1S/C13H13FN2O2S/c1-7-8(2)19-12(16-7)6-18-13(17)10-4-3-9(14)5-11(10)15/h3-5H,6,15H2,1-2H3. The van der Waals surface area contributed by atoms with Gasteiger partial charge >= 0.3 is 5.97 Å². The molecule has 6 heteroatoms. The van der Waals surface area contributed by atoms with Gasteiger partial charge in [0.1, 0.15) is 17.4 Å². The van der Waals surface area contributed by atoms with E-state index in [4.69, 9.17) is 10.5 Å². The number of halogens is 1. The molecule has 1 aromatic carbocycles. The summed E-state index contributed by atoms with van der Waals surface area (Å²) in [6.45, 7) is 3.94. The quantitative estimate of drug-likeness (QED) is 0.693. The van der Waals surface area contributed by atoms with Gasteiger partial charge in [0.05, 0.1) is 11.3 Å². The van der Waals surface area contributed by atoms with Crippen molar-refractivity contribution in [2.75, 3.05) is 5.73 Å². The van der Waals surface area contributed by atoms with Crippen molar-refractivity contribution < 1.29 is 13.9 Å². The van der Waals surface area contributed by atoms with Crippen LogP contribution in [0.25, 0.3) is 0 Å². The summed E-state index contributed by atoms with van der Waals surface area (Å²) in [5.74, 6) is -1.07. The number of benzene rings is 1. The topological polar surface area (TPSA) is 65.2 Å². The lowest BCUT2D eigenvalue weighted by Crippen LogP contribution is -2.08. The molecule has 0 spiro atoms. The summed E-state index contributed by atoms with van der Waals surface area (Å²) >= 11 is 1.48. The fraction of sp³-hybridized carbons (Fsp3) is 0.231. The molecule has 0 amide bonds. The lowest BCUT2D eigenvalue weighted by atomic mass is 10.2. The molecule has 0 aliphatic heterocycles. The summed E-state index contributed by atoms with van der Waals surface area (Å²) in [6, 6.07) is 3.57. The van der Waals surface area contributed by atoms with E-state index in [1.165, 1.54) is 23.5 Å². The zero-order chi connectivity index (χ0) is 14.0. The van der Waals surface area contributed by atoms with Crippen LogP contribution in [0.15, 0.2) is 18.2 Å². The highest BCUT2D eigenvalue weighted by atomic mass is 32.1. The number of thiazole rings is 1. The van der Waals surface area contributed by atoms with Crippen molar-refractivity contribution in [2.24, 2.45) is 0 Å². The molecule has 1 aromatic heterocycles. The number of carbonyl (C=O) groups excluding carboxylic acids is 1. The van der Waals surface area contributed by atoms with Gasteiger partial charge in [-0.1, -0.05) is 0 Å². The first-order chi connectivity index (χ1) is 8.97. The number of ether oxygens (including phenoxy) is 1. The average molecular weight is 280 g/mol. The molecule has 0 atom stereocenters. The maximum absolute atomic E-state index is 12.9. The highest BCUT2D eigenvalue weighted by Gasteiger charge is 2.13. The number of nitrogen functional groups attached to an aromatic ring is 1. The van der Waals surface area contributed by atoms with E-state index in [0.717, 1.165) is 21.6 Å². The van der Waals surface area contributed by atoms with Gasteiger partial charge in [0.25, 0.3) is 0 Å². The SMILES string of the molecule is Cc1nc(COC(=O)c2ccc(F)cc2N)sc1C. The number of hydrogen-bond acceptors (Lipinski definition) is 5. The summed E-state index contributed by atoms with van der Waals surface area (Å²) in [5.41, 5.74) is 6.72. The first kappa shape index (κ1) is 13.5.